The largest absolute Gasteiger partial charge is 0.478 e. The monoisotopic (exact) mass is 183 g/mol. The molecule has 6 heteroatoms. The summed E-state index contributed by atoms with van der Waals surface area (Å²) in [7, 11) is 0. The molecule has 68 valence electrons. The van der Waals surface area contributed by atoms with E-state index in [0.29, 0.717) is 0 Å². The van der Waals surface area contributed by atoms with Crippen LogP contribution in [-0.2, 0) is 0 Å². The van der Waals surface area contributed by atoms with Gasteiger partial charge in [-0.3, -0.25) is 4.79 Å². The number of rotatable bonds is 2. The Bertz CT molecular complexity index is 419. The normalized spacial score (nSPS) is 9.54. The van der Waals surface area contributed by atoms with Gasteiger partial charge >= 0.3 is 11.9 Å². The third kappa shape index (κ3) is 1.73. The predicted molar refractivity (Wildman–Crippen MR) is 41.0 cm³/mol. The summed E-state index contributed by atoms with van der Waals surface area (Å²) >= 11 is 0. The number of H-pyrrole nitrogens is 1. The second-order valence-corrected chi connectivity index (χ2v) is 2.23. The Balaban J connectivity index is 3.44. The van der Waals surface area contributed by atoms with E-state index in [1.54, 1.807) is 0 Å². The summed E-state index contributed by atoms with van der Waals surface area (Å²) < 4.78 is 0. The molecule has 1 aromatic heterocycles. The molecular weight excluding hydrogens is 178 g/mol. The minimum atomic E-state index is -1.44. The average Bonchev–Trinajstić information content (AvgIpc) is 2.03. The molecule has 0 aliphatic carbocycles. The lowest BCUT2D eigenvalue weighted by Crippen LogP contribution is -2.15. The lowest BCUT2D eigenvalue weighted by molar-refractivity contribution is 0.0651. The van der Waals surface area contributed by atoms with Gasteiger partial charge in [-0.05, 0) is 0 Å². The van der Waals surface area contributed by atoms with E-state index in [-0.39, 0.29) is 0 Å². The summed E-state index contributed by atoms with van der Waals surface area (Å²) in [4.78, 5) is 33.6. The predicted octanol–water partition coefficient (Wildman–Crippen LogP) is -0.229. The first-order valence-electron chi connectivity index (χ1n) is 3.21. The number of nitrogens with one attached hydrogen (secondary N) is 1. The van der Waals surface area contributed by atoms with Crippen LogP contribution < -0.4 is 5.56 Å². The standard InChI is InChI=1S/C7H5NO5/c9-5-1-3(6(10)11)4(2-8-5)7(12)13/h1-2H,(H,8,9)(H,10,11)(H,12,13). The highest BCUT2D eigenvalue weighted by Gasteiger charge is 2.15. The second-order valence-electron chi connectivity index (χ2n) is 2.23. The summed E-state index contributed by atoms with van der Waals surface area (Å²) in [5, 5.41) is 17.0. The fraction of sp³-hybridized carbons (Fsp3) is 0. The number of aromatic amines is 1. The maximum Gasteiger partial charge on any atom is 0.338 e. The van der Waals surface area contributed by atoms with Crippen LogP contribution in [0.25, 0.3) is 0 Å². The van der Waals surface area contributed by atoms with Gasteiger partial charge in [-0.25, -0.2) is 9.59 Å². The van der Waals surface area contributed by atoms with E-state index in [1.165, 1.54) is 0 Å². The summed E-state index contributed by atoms with van der Waals surface area (Å²) in [5.41, 5.74) is -1.61. The number of pyridine rings is 1. The maximum atomic E-state index is 10.7. The Morgan fingerprint density at radius 2 is 1.69 bits per heavy atom. The van der Waals surface area contributed by atoms with Crippen LogP contribution in [0.3, 0.4) is 0 Å². The van der Waals surface area contributed by atoms with E-state index < -0.39 is 28.6 Å². The molecule has 13 heavy (non-hydrogen) atoms. The van der Waals surface area contributed by atoms with Crippen LogP contribution in [0.4, 0.5) is 0 Å². The molecule has 0 saturated carbocycles. The number of carboxylic acid groups (broad SMARTS) is 2. The lowest BCUT2D eigenvalue weighted by Gasteiger charge is -1.98. The highest BCUT2D eigenvalue weighted by molar-refractivity contribution is 6.01. The van der Waals surface area contributed by atoms with E-state index in [1.807, 2.05) is 0 Å². The van der Waals surface area contributed by atoms with Crippen molar-refractivity contribution in [3.8, 4) is 0 Å². The fourth-order valence-electron chi connectivity index (χ4n) is 0.825. The molecule has 0 aliphatic rings. The molecule has 0 bridgehead atoms. The highest BCUT2D eigenvalue weighted by Crippen LogP contribution is 2.03. The van der Waals surface area contributed by atoms with Crippen LogP contribution in [0, 0.1) is 0 Å². The van der Waals surface area contributed by atoms with Crippen molar-refractivity contribution < 1.29 is 19.8 Å². The zero-order valence-electron chi connectivity index (χ0n) is 6.27. The van der Waals surface area contributed by atoms with Crippen molar-refractivity contribution >= 4 is 11.9 Å². The van der Waals surface area contributed by atoms with Gasteiger partial charge < -0.3 is 15.2 Å². The van der Waals surface area contributed by atoms with E-state index in [2.05, 4.69) is 4.98 Å². The third-order valence-corrected chi connectivity index (χ3v) is 1.39. The first kappa shape index (κ1) is 8.98. The Hall–Kier alpha value is -2.11. The van der Waals surface area contributed by atoms with Crippen LogP contribution in [-0.4, -0.2) is 27.1 Å². The highest BCUT2D eigenvalue weighted by atomic mass is 16.4. The molecular formula is C7H5NO5. The van der Waals surface area contributed by atoms with E-state index >= 15 is 0 Å². The van der Waals surface area contributed by atoms with Crippen molar-refractivity contribution in [3.63, 3.8) is 0 Å². The van der Waals surface area contributed by atoms with Crippen LogP contribution in [0.15, 0.2) is 17.1 Å². The number of hydrogen-bond donors (Lipinski definition) is 3. The van der Waals surface area contributed by atoms with Gasteiger partial charge in [0.05, 0.1) is 11.1 Å². The number of aromatic carboxylic acids is 2. The molecule has 0 radical (unpaired) electrons. The Kier molecular flexibility index (Phi) is 2.14. The minimum absolute atomic E-state index is 0.438. The summed E-state index contributed by atoms with van der Waals surface area (Å²) in [6.45, 7) is 0. The molecule has 6 nitrogen and oxygen atoms in total. The molecule has 0 fully saturated rings. The molecule has 0 saturated heterocycles. The fourth-order valence-corrected chi connectivity index (χ4v) is 0.825. The third-order valence-electron chi connectivity index (χ3n) is 1.39. The SMILES string of the molecule is O=C(O)c1c[nH]c(=O)cc1C(=O)O. The van der Waals surface area contributed by atoms with E-state index in [9.17, 15) is 14.4 Å². The van der Waals surface area contributed by atoms with Gasteiger partial charge in [-0.2, -0.15) is 0 Å². The van der Waals surface area contributed by atoms with Crippen LogP contribution >= 0.6 is 0 Å². The quantitative estimate of drug-likeness (QED) is 0.587. The molecule has 0 spiro atoms. The molecule has 0 aromatic carbocycles. The first-order valence-corrected chi connectivity index (χ1v) is 3.21. The number of carbonyl (C=O) groups is 2. The van der Waals surface area contributed by atoms with Crippen molar-refractivity contribution in [2.75, 3.05) is 0 Å². The second kappa shape index (κ2) is 3.10. The van der Waals surface area contributed by atoms with Gasteiger partial charge in [-0.1, -0.05) is 0 Å². The van der Waals surface area contributed by atoms with Crippen molar-refractivity contribution in [1.29, 1.82) is 0 Å². The molecule has 0 unspecified atom stereocenters. The first-order chi connectivity index (χ1) is 6.02. The van der Waals surface area contributed by atoms with Crippen LogP contribution in [0.5, 0.6) is 0 Å². The molecule has 0 atom stereocenters. The van der Waals surface area contributed by atoms with Gasteiger partial charge in [0.2, 0.25) is 5.56 Å². The molecule has 1 aromatic rings. The van der Waals surface area contributed by atoms with Gasteiger partial charge in [-0.15, -0.1) is 0 Å². The molecule has 1 heterocycles. The summed E-state index contributed by atoms with van der Waals surface area (Å²) in [6, 6.07) is 0.728. The average molecular weight is 183 g/mol. The Morgan fingerprint density at radius 3 is 2.15 bits per heavy atom. The van der Waals surface area contributed by atoms with Crippen LogP contribution in [0.2, 0.25) is 0 Å². The zero-order chi connectivity index (χ0) is 10.0. The molecule has 3 N–H and O–H groups in total. The van der Waals surface area contributed by atoms with E-state index in [0.717, 1.165) is 12.3 Å². The Labute approximate surface area is 71.5 Å². The van der Waals surface area contributed by atoms with Crippen molar-refractivity contribution in [1.82, 2.24) is 4.98 Å². The van der Waals surface area contributed by atoms with Crippen molar-refractivity contribution in [2.24, 2.45) is 0 Å². The maximum absolute atomic E-state index is 10.7. The summed E-state index contributed by atoms with van der Waals surface area (Å²) in [6.07, 6.45) is 0.855. The van der Waals surface area contributed by atoms with Gasteiger partial charge in [0.1, 0.15) is 0 Å². The number of aromatic nitrogens is 1. The van der Waals surface area contributed by atoms with Gasteiger partial charge in [0.15, 0.2) is 0 Å². The molecule has 0 amide bonds. The van der Waals surface area contributed by atoms with E-state index in [4.69, 9.17) is 10.2 Å². The van der Waals surface area contributed by atoms with Crippen molar-refractivity contribution in [2.45, 2.75) is 0 Å². The number of hydrogen-bond acceptors (Lipinski definition) is 3. The lowest BCUT2D eigenvalue weighted by atomic mass is 10.1. The zero-order valence-corrected chi connectivity index (χ0v) is 6.27. The minimum Gasteiger partial charge on any atom is -0.478 e. The number of carboxylic acids is 2. The smallest absolute Gasteiger partial charge is 0.338 e. The summed E-state index contributed by atoms with van der Waals surface area (Å²) in [5.74, 6) is -2.84. The molecule has 0 aliphatic heterocycles. The van der Waals surface area contributed by atoms with Crippen LogP contribution in [0.1, 0.15) is 20.7 Å². The topological polar surface area (TPSA) is 107 Å². The van der Waals surface area contributed by atoms with Gasteiger partial charge in [0.25, 0.3) is 0 Å². The van der Waals surface area contributed by atoms with Crippen molar-refractivity contribution in [3.05, 3.63) is 33.7 Å². The Morgan fingerprint density at radius 1 is 1.15 bits per heavy atom. The van der Waals surface area contributed by atoms with Gasteiger partial charge in [0, 0.05) is 12.3 Å². The molecule has 1 rings (SSSR count).